The molecule has 2 aromatic rings. The summed E-state index contributed by atoms with van der Waals surface area (Å²) in [4.78, 5) is 33.2. The lowest BCUT2D eigenvalue weighted by molar-refractivity contribution is 0.0364. The Morgan fingerprint density at radius 2 is 1.96 bits per heavy atom. The minimum absolute atomic E-state index is 0.0270. The van der Waals surface area contributed by atoms with Crippen LogP contribution in [0.25, 0.3) is 0 Å². The van der Waals surface area contributed by atoms with Gasteiger partial charge in [0.1, 0.15) is 6.33 Å². The van der Waals surface area contributed by atoms with Crippen LogP contribution in [0, 0.1) is 0 Å². The van der Waals surface area contributed by atoms with Crippen molar-refractivity contribution in [3.05, 3.63) is 23.8 Å². The van der Waals surface area contributed by atoms with Gasteiger partial charge in [0.05, 0.1) is 6.04 Å². The van der Waals surface area contributed by atoms with Gasteiger partial charge in [-0.1, -0.05) is 0 Å². The number of hydrogen-bond donors (Lipinski definition) is 1. The van der Waals surface area contributed by atoms with Crippen LogP contribution < -0.4 is 5.32 Å². The lowest BCUT2D eigenvalue weighted by Crippen LogP contribution is -2.54. The first-order chi connectivity index (χ1) is 12.9. The van der Waals surface area contributed by atoms with Crippen molar-refractivity contribution in [2.75, 3.05) is 26.2 Å². The van der Waals surface area contributed by atoms with Gasteiger partial charge in [0, 0.05) is 45.8 Å². The maximum Gasteiger partial charge on any atom is 0.293 e. The second-order valence-electron chi connectivity index (χ2n) is 7.21. The Kier molecular flexibility index (Phi) is 4.38. The third-order valence-corrected chi connectivity index (χ3v) is 4.88. The number of aryl methyl sites for hydroxylation is 1. The zero-order valence-electron chi connectivity index (χ0n) is 15.7. The summed E-state index contributed by atoms with van der Waals surface area (Å²) >= 11 is 0. The van der Waals surface area contributed by atoms with Gasteiger partial charge in [0.2, 0.25) is 11.6 Å². The van der Waals surface area contributed by atoms with Crippen molar-refractivity contribution in [1.82, 2.24) is 44.6 Å². The van der Waals surface area contributed by atoms with Crippen LogP contribution in [0.1, 0.15) is 47.0 Å². The maximum absolute atomic E-state index is 12.7. The number of hydrogen-bond acceptors (Lipinski definition) is 7. The van der Waals surface area contributed by atoms with E-state index in [1.54, 1.807) is 11.9 Å². The SMILES string of the molecule is CC(C)NC(=O)c1nnc2n1CCN1CCN(C(=O)c3ncn(C)n3)CC21. The zero-order valence-corrected chi connectivity index (χ0v) is 15.7. The van der Waals surface area contributed by atoms with Crippen LogP contribution in [0.5, 0.6) is 0 Å². The molecule has 4 rings (SSSR count). The number of carbonyl (C=O) groups excluding carboxylic acids is 2. The molecule has 0 aliphatic carbocycles. The van der Waals surface area contributed by atoms with Gasteiger partial charge in [0.25, 0.3) is 11.8 Å². The summed E-state index contributed by atoms with van der Waals surface area (Å²) in [6.07, 6.45) is 1.51. The van der Waals surface area contributed by atoms with Crippen molar-refractivity contribution in [2.24, 2.45) is 7.05 Å². The van der Waals surface area contributed by atoms with Gasteiger partial charge in [-0.05, 0) is 13.8 Å². The van der Waals surface area contributed by atoms with Crippen molar-refractivity contribution >= 4 is 11.8 Å². The molecule has 2 aromatic heterocycles. The molecule has 1 unspecified atom stereocenters. The molecule has 1 N–H and O–H groups in total. The molecule has 2 amide bonds. The Balaban J connectivity index is 1.56. The van der Waals surface area contributed by atoms with E-state index in [0.29, 0.717) is 25.5 Å². The highest BCUT2D eigenvalue weighted by Gasteiger charge is 2.38. The molecule has 0 spiro atoms. The summed E-state index contributed by atoms with van der Waals surface area (Å²) in [6.45, 7) is 7.09. The number of carbonyl (C=O) groups is 2. The van der Waals surface area contributed by atoms with Crippen LogP contribution in [0.15, 0.2) is 6.33 Å². The molecule has 11 nitrogen and oxygen atoms in total. The van der Waals surface area contributed by atoms with Gasteiger partial charge in [0.15, 0.2) is 5.82 Å². The van der Waals surface area contributed by atoms with Crippen LogP contribution in [0.3, 0.4) is 0 Å². The average molecular weight is 373 g/mol. The van der Waals surface area contributed by atoms with Crippen molar-refractivity contribution in [3.8, 4) is 0 Å². The van der Waals surface area contributed by atoms with Crippen LogP contribution in [-0.2, 0) is 13.6 Å². The van der Waals surface area contributed by atoms with E-state index in [0.717, 1.165) is 18.9 Å². The summed E-state index contributed by atoms with van der Waals surface area (Å²) in [6, 6.07) is -0.0625. The third-order valence-electron chi connectivity index (χ3n) is 4.88. The second kappa shape index (κ2) is 6.72. The Bertz CT molecular complexity index is 871. The molecule has 1 atom stereocenters. The van der Waals surface area contributed by atoms with Crippen LogP contribution in [-0.4, -0.2) is 83.4 Å². The average Bonchev–Trinajstić information content (AvgIpc) is 3.26. The lowest BCUT2D eigenvalue weighted by atomic mass is 10.1. The number of fused-ring (bicyclic) bond motifs is 3. The van der Waals surface area contributed by atoms with Crippen molar-refractivity contribution < 1.29 is 9.59 Å². The molecule has 0 saturated carbocycles. The molecule has 0 bridgehead atoms. The summed E-state index contributed by atoms with van der Waals surface area (Å²) in [5.41, 5.74) is 0. The second-order valence-corrected chi connectivity index (χ2v) is 7.21. The fraction of sp³-hybridized carbons (Fsp3) is 0.625. The smallest absolute Gasteiger partial charge is 0.293 e. The number of aromatic nitrogens is 6. The fourth-order valence-electron chi connectivity index (χ4n) is 3.60. The highest BCUT2D eigenvalue weighted by molar-refractivity contribution is 5.91. The number of nitrogens with one attached hydrogen (secondary N) is 1. The zero-order chi connectivity index (χ0) is 19.1. The molecular weight excluding hydrogens is 350 g/mol. The summed E-state index contributed by atoms with van der Waals surface area (Å²) < 4.78 is 3.38. The Hall–Kier alpha value is -2.82. The maximum atomic E-state index is 12.7. The monoisotopic (exact) mass is 373 g/mol. The normalized spacial score (nSPS) is 19.7. The molecule has 11 heteroatoms. The molecule has 2 aliphatic rings. The minimum Gasteiger partial charge on any atom is -0.347 e. The summed E-state index contributed by atoms with van der Waals surface area (Å²) in [5, 5.41) is 15.4. The number of rotatable bonds is 3. The number of amides is 2. The highest BCUT2D eigenvalue weighted by Crippen LogP contribution is 2.28. The first-order valence-corrected chi connectivity index (χ1v) is 9.07. The lowest BCUT2D eigenvalue weighted by Gasteiger charge is -2.43. The standard InChI is InChI=1S/C16H23N9O2/c1-10(2)18-15(26)14-20-19-13-11-8-24(5-4-23(11)6-7-25(13)14)16(27)12-17-9-22(3)21-12/h9-11H,4-8H2,1-3H3,(H,18,26). The molecule has 2 aliphatic heterocycles. The van der Waals surface area contributed by atoms with Crippen molar-refractivity contribution in [3.63, 3.8) is 0 Å². The van der Waals surface area contributed by atoms with E-state index in [-0.39, 0.29) is 29.7 Å². The summed E-state index contributed by atoms with van der Waals surface area (Å²) in [5.74, 6) is 0.832. The van der Waals surface area contributed by atoms with Crippen molar-refractivity contribution in [2.45, 2.75) is 32.5 Å². The van der Waals surface area contributed by atoms with Crippen LogP contribution in [0.4, 0.5) is 0 Å². The number of piperazine rings is 1. The van der Waals surface area contributed by atoms with Gasteiger partial charge in [-0.2, -0.15) is 0 Å². The van der Waals surface area contributed by atoms with E-state index in [9.17, 15) is 9.59 Å². The molecule has 0 aromatic carbocycles. The van der Waals surface area contributed by atoms with E-state index in [2.05, 4.69) is 30.5 Å². The molecule has 1 fully saturated rings. The topological polar surface area (TPSA) is 114 Å². The molecule has 27 heavy (non-hydrogen) atoms. The van der Waals surface area contributed by atoms with Crippen LogP contribution >= 0.6 is 0 Å². The van der Waals surface area contributed by atoms with Gasteiger partial charge in [-0.15, -0.1) is 15.3 Å². The van der Waals surface area contributed by atoms with E-state index in [4.69, 9.17) is 0 Å². The Labute approximate surface area is 156 Å². The summed E-state index contributed by atoms with van der Waals surface area (Å²) in [7, 11) is 1.73. The minimum atomic E-state index is -0.223. The first kappa shape index (κ1) is 17.6. The van der Waals surface area contributed by atoms with E-state index in [1.165, 1.54) is 11.0 Å². The Morgan fingerprint density at radius 3 is 2.67 bits per heavy atom. The molecule has 144 valence electrons. The quantitative estimate of drug-likeness (QED) is 0.738. The van der Waals surface area contributed by atoms with Gasteiger partial charge in [-0.3, -0.25) is 19.2 Å². The predicted octanol–water partition coefficient (Wildman–Crippen LogP) is -0.942. The third kappa shape index (κ3) is 3.18. The number of nitrogens with zero attached hydrogens (tertiary/aromatic N) is 8. The van der Waals surface area contributed by atoms with E-state index in [1.807, 2.05) is 18.4 Å². The molecule has 0 radical (unpaired) electrons. The van der Waals surface area contributed by atoms with Crippen molar-refractivity contribution in [1.29, 1.82) is 0 Å². The van der Waals surface area contributed by atoms with Gasteiger partial charge < -0.3 is 14.8 Å². The molecular formula is C16H23N9O2. The van der Waals surface area contributed by atoms with Crippen LogP contribution in [0.2, 0.25) is 0 Å². The molecule has 1 saturated heterocycles. The van der Waals surface area contributed by atoms with Gasteiger partial charge >= 0.3 is 0 Å². The van der Waals surface area contributed by atoms with E-state index < -0.39 is 0 Å². The largest absolute Gasteiger partial charge is 0.347 e. The highest BCUT2D eigenvalue weighted by atomic mass is 16.2. The predicted molar refractivity (Wildman–Crippen MR) is 93.8 cm³/mol. The first-order valence-electron chi connectivity index (χ1n) is 9.07. The Morgan fingerprint density at radius 1 is 1.19 bits per heavy atom. The van der Waals surface area contributed by atoms with Gasteiger partial charge in [-0.25, -0.2) is 4.98 Å². The molecule has 4 heterocycles. The fourth-order valence-corrected chi connectivity index (χ4v) is 3.60. The van der Waals surface area contributed by atoms with E-state index >= 15 is 0 Å².